The summed E-state index contributed by atoms with van der Waals surface area (Å²) in [5.74, 6) is -0.0151. The number of aromatic nitrogens is 2. The molecule has 3 rings (SSSR count). The van der Waals surface area contributed by atoms with E-state index in [0.717, 1.165) is 42.0 Å². The Bertz CT molecular complexity index is 1040. The first-order chi connectivity index (χ1) is 13.3. The van der Waals surface area contributed by atoms with E-state index < -0.39 is 0 Å². The number of hydrogen-bond donors (Lipinski definition) is 1. The highest BCUT2D eigenvalue weighted by Crippen LogP contribution is 2.29. The van der Waals surface area contributed by atoms with Crippen molar-refractivity contribution in [3.63, 3.8) is 0 Å². The van der Waals surface area contributed by atoms with Crippen LogP contribution in [0.3, 0.4) is 0 Å². The zero-order valence-corrected chi connectivity index (χ0v) is 19.0. The van der Waals surface area contributed by atoms with E-state index in [0.29, 0.717) is 5.75 Å². The number of benzene rings is 1. The summed E-state index contributed by atoms with van der Waals surface area (Å²) in [6.45, 7) is 5.82. The van der Waals surface area contributed by atoms with Gasteiger partial charge in [-0.3, -0.25) is 9.59 Å². The molecule has 0 radical (unpaired) electrons. The number of carbonyl (C=O) groups excluding carboxylic acids is 2. The lowest BCUT2D eigenvalue weighted by molar-refractivity contribution is -0.117. The zero-order chi connectivity index (χ0) is 20.4. The van der Waals surface area contributed by atoms with Crippen LogP contribution in [-0.2, 0) is 11.2 Å². The molecule has 0 spiro atoms. The summed E-state index contributed by atoms with van der Waals surface area (Å²) in [4.78, 5) is 29.2. The number of primary amides is 1. The van der Waals surface area contributed by atoms with Crippen LogP contribution in [0, 0.1) is 20.8 Å². The first-order valence-electron chi connectivity index (χ1n) is 8.61. The van der Waals surface area contributed by atoms with Crippen LogP contribution in [0.2, 0.25) is 0 Å². The number of aryl methyl sites for hydroxylation is 2. The van der Waals surface area contributed by atoms with Crippen molar-refractivity contribution in [3.8, 4) is 5.69 Å². The van der Waals surface area contributed by atoms with Crippen LogP contribution in [0.1, 0.15) is 32.3 Å². The SMILES string of the molecule is Cc1nc(SCC(=O)c2cc(C)n(-c3ccc(Br)cc3)c2C)sc1CC(N)=O. The van der Waals surface area contributed by atoms with E-state index in [1.54, 1.807) is 0 Å². The number of Topliss-reactive ketones (excluding diaryl/α,β-unsaturated/α-hetero) is 1. The van der Waals surface area contributed by atoms with Gasteiger partial charge in [-0.2, -0.15) is 0 Å². The third kappa shape index (κ3) is 4.56. The van der Waals surface area contributed by atoms with Crippen LogP contribution in [0.4, 0.5) is 0 Å². The molecule has 0 saturated heterocycles. The van der Waals surface area contributed by atoms with Crippen LogP contribution >= 0.6 is 39.0 Å². The van der Waals surface area contributed by atoms with Crippen molar-refractivity contribution >= 4 is 50.7 Å². The van der Waals surface area contributed by atoms with Crippen LogP contribution in [0.15, 0.2) is 39.1 Å². The second-order valence-corrected chi connectivity index (χ2v) is 9.66. The average molecular weight is 478 g/mol. The molecule has 146 valence electrons. The fourth-order valence-electron chi connectivity index (χ4n) is 3.02. The van der Waals surface area contributed by atoms with Crippen molar-refractivity contribution < 1.29 is 9.59 Å². The highest BCUT2D eigenvalue weighted by Gasteiger charge is 2.18. The molecule has 2 aromatic heterocycles. The van der Waals surface area contributed by atoms with Gasteiger partial charge in [0.1, 0.15) is 0 Å². The lowest BCUT2D eigenvalue weighted by atomic mass is 10.2. The molecule has 2 N–H and O–H groups in total. The number of rotatable bonds is 7. The summed E-state index contributed by atoms with van der Waals surface area (Å²) in [6, 6.07) is 9.95. The predicted molar refractivity (Wildman–Crippen MR) is 118 cm³/mol. The van der Waals surface area contributed by atoms with E-state index in [1.807, 2.05) is 51.1 Å². The third-order valence-corrected chi connectivity index (χ3v) is 7.18. The number of thiazole rings is 1. The fourth-order valence-corrected chi connectivity index (χ4v) is 5.41. The number of halogens is 1. The number of ketones is 1. The van der Waals surface area contributed by atoms with Crippen LogP contribution in [-0.4, -0.2) is 27.0 Å². The minimum atomic E-state index is -0.375. The first kappa shape index (κ1) is 20.8. The molecule has 28 heavy (non-hydrogen) atoms. The number of amides is 1. The molecular weight excluding hydrogens is 458 g/mol. The van der Waals surface area contributed by atoms with Crippen molar-refractivity contribution in [1.29, 1.82) is 0 Å². The molecule has 0 bridgehead atoms. The summed E-state index contributed by atoms with van der Waals surface area (Å²) in [5, 5.41) is 0. The van der Waals surface area contributed by atoms with Crippen molar-refractivity contribution in [2.75, 3.05) is 5.75 Å². The van der Waals surface area contributed by atoms with Crippen LogP contribution in [0.5, 0.6) is 0 Å². The summed E-state index contributed by atoms with van der Waals surface area (Å²) >= 11 is 6.27. The monoisotopic (exact) mass is 477 g/mol. The predicted octanol–water partition coefficient (Wildman–Crippen LogP) is 4.62. The minimum Gasteiger partial charge on any atom is -0.369 e. The van der Waals surface area contributed by atoms with Gasteiger partial charge < -0.3 is 10.3 Å². The van der Waals surface area contributed by atoms with E-state index in [1.165, 1.54) is 23.1 Å². The molecule has 3 aromatic rings. The second kappa shape index (κ2) is 8.63. The van der Waals surface area contributed by atoms with E-state index in [9.17, 15) is 9.59 Å². The van der Waals surface area contributed by atoms with Gasteiger partial charge in [-0.1, -0.05) is 27.7 Å². The molecular formula is C20H20BrN3O2S2. The zero-order valence-electron chi connectivity index (χ0n) is 15.8. The average Bonchev–Trinajstić information content (AvgIpc) is 3.12. The number of nitrogens with zero attached hydrogens (tertiary/aromatic N) is 2. The van der Waals surface area contributed by atoms with Gasteiger partial charge in [-0.15, -0.1) is 11.3 Å². The van der Waals surface area contributed by atoms with Gasteiger partial charge in [0.15, 0.2) is 10.1 Å². The molecule has 1 amide bonds. The van der Waals surface area contributed by atoms with Crippen molar-refractivity contribution in [2.24, 2.45) is 5.73 Å². The molecule has 8 heteroatoms. The van der Waals surface area contributed by atoms with Gasteiger partial charge in [0.05, 0.1) is 17.9 Å². The number of hydrogen-bond acceptors (Lipinski definition) is 5. The Morgan fingerprint density at radius 2 is 1.89 bits per heavy atom. The Morgan fingerprint density at radius 1 is 1.21 bits per heavy atom. The fraction of sp³-hybridized carbons (Fsp3) is 0.250. The molecule has 5 nitrogen and oxygen atoms in total. The molecule has 1 aromatic carbocycles. The quantitative estimate of drug-likeness (QED) is 0.397. The molecule has 2 heterocycles. The highest BCUT2D eigenvalue weighted by molar-refractivity contribution is 9.10. The Morgan fingerprint density at radius 3 is 2.54 bits per heavy atom. The third-order valence-electron chi connectivity index (χ3n) is 4.35. The molecule has 0 fully saturated rings. The van der Waals surface area contributed by atoms with Gasteiger partial charge in [0.25, 0.3) is 0 Å². The smallest absolute Gasteiger partial charge is 0.222 e. The summed E-state index contributed by atoms with van der Waals surface area (Å²) < 4.78 is 3.88. The Labute approximate surface area is 180 Å². The molecule has 0 aliphatic rings. The van der Waals surface area contributed by atoms with E-state index in [2.05, 4.69) is 25.5 Å². The van der Waals surface area contributed by atoms with Gasteiger partial charge in [-0.05, 0) is 51.1 Å². The lowest BCUT2D eigenvalue weighted by Gasteiger charge is -2.10. The lowest BCUT2D eigenvalue weighted by Crippen LogP contribution is -2.13. The minimum absolute atomic E-state index is 0.0609. The number of carbonyl (C=O) groups is 2. The van der Waals surface area contributed by atoms with Gasteiger partial charge >= 0.3 is 0 Å². The molecule has 0 atom stereocenters. The second-order valence-electron chi connectivity index (χ2n) is 6.44. The Balaban J connectivity index is 1.76. The topological polar surface area (TPSA) is 78.0 Å². The standard InChI is InChI=1S/C20H20BrN3O2S2/c1-11-8-16(13(3)24(11)15-6-4-14(21)5-7-15)17(25)10-27-20-23-12(2)18(28-20)9-19(22)26/h4-8H,9-10H2,1-3H3,(H2,22,26). The van der Waals surface area contributed by atoms with Crippen LogP contribution < -0.4 is 5.73 Å². The molecule has 0 aliphatic heterocycles. The van der Waals surface area contributed by atoms with Gasteiger partial charge in [-0.25, -0.2) is 4.98 Å². The number of nitrogens with two attached hydrogens (primary N) is 1. The summed E-state index contributed by atoms with van der Waals surface area (Å²) in [7, 11) is 0. The van der Waals surface area contributed by atoms with E-state index >= 15 is 0 Å². The maximum atomic E-state index is 12.8. The normalized spacial score (nSPS) is 11.0. The van der Waals surface area contributed by atoms with Gasteiger partial charge in [0.2, 0.25) is 5.91 Å². The van der Waals surface area contributed by atoms with Crippen molar-refractivity contribution in [2.45, 2.75) is 31.5 Å². The largest absolute Gasteiger partial charge is 0.369 e. The Kier molecular flexibility index (Phi) is 6.42. The van der Waals surface area contributed by atoms with E-state index in [-0.39, 0.29) is 18.1 Å². The van der Waals surface area contributed by atoms with Crippen molar-refractivity contribution in [3.05, 3.63) is 62.3 Å². The summed E-state index contributed by atoms with van der Waals surface area (Å²) in [6.07, 6.45) is 0.187. The maximum absolute atomic E-state index is 12.8. The van der Waals surface area contributed by atoms with Crippen molar-refractivity contribution in [1.82, 2.24) is 9.55 Å². The number of thioether (sulfide) groups is 1. The first-order valence-corrected chi connectivity index (χ1v) is 11.2. The summed E-state index contributed by atoms with van der Waals surface area (Å²) in [5.41, 5.74) is 9.75. The van der Waals surface area contributed by atoms with Crippen LogP contribution in [0.25, 0.3) is 5.69 Å². The Hall–Kier alpha value is -1.90. The van der Waals surface area contributed by atoms with E-state index in [4.69, 9.17) is 5.73 Å². The van der Waals surface area contributed by atoms with Gasteiger partial charge in [0, 0.05) is 32.0 Å². The molecule has 0 unspecified atom stereocenters. The highest BCUT2D eigenvalue weighted by atomic mass is 79.9. The maximum Gasteiger partial charge on any atom is 0.222 e. The molecule has 0 saturated carbocycles. The molecule has 0 aliphatic carbocycles.